The lowest BCUT2D eigenvalue weighted by atomic mass is 10.1. The van der Waals surface area contributed by atoms with Gasteiger partial charge in [0.15, 0.2) is 0 Å². The summed E-state index contributed by atoms with van der Waals surface area (Å²) in [6, 6.07) is 25.2. The van der Waals surface area contributed by atoms with Gasteiger partial charge in [-0.3, -0.25) is 4.31 Å². The van der Waals surface area contributed by atoms with Gasteiger partial charge in [0.05, 0.1) is 10.6 Å². The molecule has 0 bridgehead atoms. The number of benzene rings is 4. The molecule has 4 aromatic carbocycles. The van der Waals surface area contributed by atoms with Crippen molar-refractivity contribution >= 4 is 55.3 Å². The first-order valence-electron chi connectivity index (χ1n) is 10.5. The van der Waals surface area contributed by atoms with Crippen LogP contribution in [-0.2, 0) is 10.0 Å². The molecule has 1 heterocycles. The molecule has 1 aliphatic rings. The van der Waals surface area contributed by atoms with Crippen LogP contribution in [0.4, 0.5) is 11.4 Å². The molecular weight excluding hydrogens is 442 g/mol. The van der Waals surface area contributed by atoms with Crippen molar-refractivity contribution in [1.82, 2.24) is 5.32 Å². The quantitative estimate of drug-likeness (QED) is 0.474. The maximum Gasteiger partial charge on any atom is 0.264 e. The third kappa shape index (κ3) is 3.90. The molecule has 4 aromatic rings. The van der Waals surface area contributed by atoms with Gasteiger partial charge >= 0.3 is 0 Å². The van der Waals surface area contributed by atoms with Crippen molar-refractivity contribution in [1.29, 1.82) is 0 Å². The third-order valence-electron chi connectivity index (χ3n) is 6.05. The first-order valence-corrected chi connectivity index (χ1v) is 11.9. The van der Waals surface area contributed by atoms with Crippen molar-refractivity contribution in [3.63, 3.8) is 0 Å². The zero-order valence-corrected chi connectivity index (χ0v) is 19.5. The molecule has 32 heavy (non-hydrogen) atoms. The van der Waals surface area contributed by atoms with E-state index < -0.39 is 10.0 Å². The van der Waals surface area contributed by atoms with Crippen LogP contribution in [0.1, 0.15) is 0 Å². The number of piperazine rings is 1. The largest absolute Gasteiger partial charge is 0.368 e. The second-order valence-corrected chi connectivity index (χ2v) is 9.81. The van der Waals surface area contributed by atoms with Crippen LogP contribution in [0, 0.1) is 0 Å². The van der Waals surface area contributed by atoms with E-state index in [2.05, 4.69) is 10.2 Å². The molecule has 5 nitrogen and oxygen atoms in total. The Kier molecular flexibility index (Phi) is 6.29. The van der Waals surface area contributed by atoms with E-state index in [-0.39, 0.29) is 12.4 Å². The zero-order chi connectivity index (χ0) is 21.4. The predicted octanol–water partition coefficient (Wildman–Crippen LogP) is 4.65. The summed E-state index contributed by atoms with van der Waals surface area (Å²) in [5.41, 5.74) is 1.73. The Bertz CT molecular complexity index is 1370. The maximum atomic E-state index is 13.7. The smallest absolute Gasteiger partial charge is 0.264 e. The number of sulfonamides is 1. The van der Waals surface area contributed by atoms with E-state index in [0.29, 0.717) is 10.6 Å². The summed E-state index contributed by atoms with van der Waals surface area (Å²) in [5.74, 6) is 0. The Morgan fingerprint density at radius 2 is 1.47 bits per heavy atom. The minimum atomic E-state index is -3.73. The number of fused-ring (bicyclic) bond motifs is 2. The molecule has 1 saturated heterocycles. The minimum Gasteiger partial charge on any atom is -0.368 e. The summed E-state index contributed by atoms with van der Waals surface area (Å²) < 4.78 is 28.7. The van der Waals surface area contributed by atoms with Crippen LogP contribution in [0.3, 0.4) is 0 Å². The van der Waals surface area contributed by atoms with E-state index in [1.807, 2.05) is 72.8 Å². The van der Waals surface area contributed by atoms with E-state index in [4.69, 9.17) is 0 Å². The molecule has 0 aliphatic carbocycles. The summed E-state index contributed by atoms with van der Waals surface area (Å²) >= 11 is 0. The minimum absolute atomic E-state index is 0. The second-order valence-electron chi connectivity index (χ2n) is 7.87. The van der Waals surface area contributed by atoms with Gasteiger partial charge in [-0.2, -0.15) is 0 Å². The fraction of sp³-hybridized carbons (Fsp3) is 0.200. The molecule has 0 aromatic heterocycles. The Hall–Kier alpha value is -2.80. The highest BCUT2D eigenvalue weighted by atomic mass is 35.5. The molecule has 0 amide bonds. The number of rotatable bonds is 4. The molecule has 166 valence electrons. The summed E-state index contributed by atoms with van der Waals surface area (Å²) in [5, 5.41) is 7.20. The van der Waals surface area contributed by atoms with Crippen LogP contribution >= 0.6 is 12.4 Å². The molecule has 1 fully saturated rings. The number of anilines is 2. The van der Waals surface area contributed by atoms with Gasteiger partial charge in [-0.15, -0.1) is 12.4 Å². The van der Waals surface area contributed by atoms with Crippen LogP contribution in [0.15, 0.2) is 83.8 Å². The van der Waals surface area contributed by atoms with Gasteiger partial charge in [-0.25, -0.2) is 8.42 Å². The summed E-state index contributed by atoms with van der Waals surface area (Å²) in [6.07, 6.45) is 0. The second kappa shape index (κ2) is 8.98. The van der Waals surface area contributed by atoms with Crippen molar-refractivity contribution in [2.24, 2.45) is 0 Å². The average molecular weight is 468 g/mol. The number of halogens is 1. The Labute approximate surface area is 195 Å². The summed E-state index contributed by atoms with van der Waals surface area (Å²) in [7, 11) is -2.11. The topological polar surface area (TPSA) is 52.7 Å². The molecule has 0 unspecified atom stereocenters. The van der Waals surface area contributed by atoms with Gasteiger partial charge in [0.1, 0.15) is 0 Å². The molecule has 1 aliphatic heterocycles. The molecular formula is C25H26ClN3O2S. The maximum absolute atomic E-state index is 13.7. The molecule has 0 radical (unpaired) electrons. The fourth-order valence-corrected chi connectivity index (χ4v) is 5.70. The molecule has 7 heteroatoms. The van der Waals surface area contributed by atoms with E-state index in [1.165, 1.54) is 4.31 Å². The van der Waals surface area contributed by atoms with Crippen molar-refractivity contribution in [3.8, 4) is 0 Å². The van der Waals surface area contributed by atoms with Crippen LogP contribution in [0.5, 0.6) is 0 Å². The number of nitrogens with zero attached hydrogens (tertiary/aromatic N) is 2. The Morgan fingerprint density at radius 3 is 2.22 bits per heavy atom. The fourth-order valence-electron chi connectivity index (χ4n) is 4.32. The standard InChI is InChI=1S/C25H25N3O2S.ClH/c1-27(21-11-10-19-6-2-3-7-20(19)18-21)31(29,30)25-13-12-24(28-16-14-26-15-17-28)22-8-4-5-9-23(22)25;/h2-13,18,26H,14-17H2,1H3;1H. The molecule has 5 rings (SSSR count). The lowest BCUT2D eigenvalue weighted by Crippen LogP contribution is -2.43. The van der Waals surface area contributed by atoms with Gasteiger partial charge in [0, 0.05) is 49.7 Å². The van der Waals surface area contributed by atoms with Crippen molar-refractivity contribution in [2.75, 3.05) is 42.4 Å². The Balaban J connectivity index is 0.00000245. The van der Waals surface area contributed by atoms with E-state index in [0.717, 1.165) is 53.4 Å². The average Bonchev–Trinajstić information content (AvgIpc) is 2.83. The van der Waals surface area contributed by atoms with Crippen LogP contribution in [-0.4, -0.2) is 41.6 Å². The van der Waals surface area contributed by atoms with E-state index >= 15 is 0 Å². The molecule has 1 N–H and O–H groups in total. The summed E-state index contributed by atoms with van der Waals surface area (Å²) in [4.78, 5) is 2.65. The van der Waals surface area contributed by atoms with Gasteiger partial charge in [0.2, 0.25) is 0 Å². The third-order valence-corrected chi connectivity index (χ3v) is 7.90. The van der Waals surface area contributed by atoms with Gasteiger partial charge in [-0.05, 0) is 35.0 Å². The van der Waals surface area contributed by atoms with E-state index in [9.17, 15) is 8.42 Å². The normalized spacial score (nSPS) is 14.3. The monoisotopic (exact) mass is 467 g/mol. The number of nitrogens with one attached hydrogen (secondary N) is 1. The predicted molar refractivity (Wildman–Crippen MR) is 136 cm³/mol. The van der Waals surface area contributed by atoms with E-state index in [1.54, 1.807) is 13.1 Å². The van der Waals surface area contributed by atoms with Crippen LogP contribution in [0.2, 0.25) is 0 Å². The van der Waals surface area contributed by atoms with Crippen LogP contribution < -0.4 is 14.5 Å². The molecule has 0 spiro atoms. The van der Waals surface area contributed by atoms with Gasteiger partial charge in [0.25, 0.3) is 10.0 Å². The van der Waals surface area contributed by atoms with Crippen molar-refractivity contribution in [2.45, 2.75) is 4.90 Å². The van der Waals surface area contributed by atoms with Crippen LogP contribution in [0.25, 0.3) is 21.5 Å². The highest BCUT2D eigenvalue weighted by Crippen LogP contribution is 2.34. The summed E-state index contributed by atoms with van der Waals surface area (Å²) in [6.45, 7) is 3.68. The zero-order valence-electron chi connectivity index (χ0n) is 17.9. The Morgan fingerprint density at radius 1 is 0.812 bits per heavy atom. The lowest BCUT2D eigenvalue weighted by Gasteiger charge is -2.31. The number of hydrogen-bond donors (Lipinski definition) is 1. The lowest BCUT2D eigenvalue weighted by molar-refractivity contribution is 0.589. The highest BCUT2D eigenvalue weighted by Gasteiger charge is 2.25. The first-order chi connectivity index (χ1) is 15.1. The van der Waals surface area contributed by atoms with Crippen molar-refractivity contribution in [3.05, 3.63) is 78.9 Å². The molecule has 0 atom stereocenters. The number of hydrogen-bond acceptors (Lipinski definition) is 4. The first kappa shape index (κ1) is 22.4. The SMILES string of the molecule is CN(c1ccc2ccccc2c1)S(=O)(=O)c1ccc(N2CCNCC2)c2ccccc12.Cl. The van der Waals surface area contributed by atoms with Gasteiger partial charge in [-0.1, -0.05) is 54.6 Å². The van der Waals surface area contributed by atoms with Crippen molar-refractivity contribution < 1.29 is 8.42 Å². The van der Waals surface area contributed by atoms with Gasteiger partial charge < -0.3 is 10.2 Å². The highest BCUT2D eigenvalue weighted by molar-refractivity contribution is 7.93. The molecule has 0 saturated carbocycles.